The number of fused-ring (bicyclic) bond motifs is 2. The Bertz CT molecular complexity index is 1570. The highest BCUT2D eigenvalue weighted by molar-refractivity contribution is 6.36. The second-order valence-corrected chi connectivity index (χ2v) is 13.4. The summed E-state index contributed by atoms with van der Waals surface area (Å²) < 4.78 is 19.2. The number of piperazine rings is 1. The number of rotatable bonds is 8. The van der Waals surface area contributed by atoms with Gasteiger partial charge >= 0.3 is 6.01 Å². The molecule has 0 saturated carbocycles. The van der Waals surface area contributed by atoms with Crippen molar-refractivity contribution in [2.75, 3.05) is 63.2 Å². The summed E-state index contributed by atoms with van der Waals surface area (Å²) in [6.45, 7) is 26.3. The number of ether oxygens (including phenoxy) is 1. The number of hydrogen-bond acceptors (Lipinski definition) is 9. The van der Waals surface area contributed by atoms with Crippen LogP contribution >= 0.6 is 11.6 Å². The Balaban J connectivity index is 0.000000688. The average Bonchev–Trinajstić information content (AvgIpc) is 3.11. The minimum absolute atomic E-state index is 0.262. The lowest BCUT2D eigenvalue weighted by molar-refractivity contribution is -0.122. The highest BCUT2D eigenvalue weighted by Gasteiger charge is 2.40. The number of carbonyl (C=O) groups is 1. The molecule has 1 unspecified atom stereocenters. The molecular weight excluding hydrogens is 665 g/mol. The molecule has 1 N–H and O–H groups in total. The molecule has 2 aliphatic heterocycles. The van der Waals surface area contributed by atoms with E-state index in [0.717, 1.165) is 46.0 Å². The zero-order valence-corrected chi connectivity index (χ0v) is 33.6. The number of methoxy groups -OCH3 is 1. The molecule has 2 aliphatic rings. The monoisotopic (exact) mass is 725 g/mol. The van der Waals surface area contributed by atoms with Gasteiger partial charge in [0.05, 0.1) is 36.0 Å². The molecule has 0 bridgehead atoms. The zero-order valence-electron chi connectivity index (χ0n) is 32.9. The van der Waals surface area contributed by atoms with Gasteiger partial charge in [-0.2, -0.15) is 15.2 Å². The number of nitrogens with one attached hydrogen (secondary N) is 1. The topological polar surface area (TPSA) is 97.6 Å². The molecule has 1 saturated heterocycles. The van der Waals surface area contributed by atoms with E-state index in [9.17, 15) is 9.18 Å². The molecule has 1 fully saturated rings. The van der Waals surface area contributed by atoms with Gasteiger partial charge in [-0.3, -0.25) is 4.79 Å². The predicted molar refractivity (Wildman–Crippen MR) is 213 cm³/mol. The first-order chi connectivity index (χ1) is 24.3. The fraction of sp³-hybridized carbons (Fsp3) is 0.550. The first kappa shape index (κ1) is 45.2. The number of carbonyl (C=O) groups excluding carboxylic acids is 1. The SMILES string of the molecule is C=C(F)C(=O)C1(C)CN(c2nc(OC)nc3c2CCN(c2cccc4cccc(Cl)c24)C3)CCN1.CC.CC#N.CC(C)C.CCCN(C)CC. The summed E-state index contributed by atoms with van der Waals surface area (Å²) in [7, 11) is 3.68. The summed E-state index contributed by atoms with van der Waals surface area (Å²) in [6, 6.07) is 14.1. The predicted octanol–water partition coefficient (Wildman–Crippen LogP) is 8.64. The first-order valence-electron chi connectivity index (χ1n) is 18.0. The number of anilines is 2. The largest absolute Gasteiger partial charge is 0.467 e. The van der Waals surface area contributed by atoms with Crippen LogP contribution in [0, 0.1) is 17.2 Å². The van der Waals surface area contributed by atoms with Crippen LogP contribution in [0.25, 0.3) is 10.8 Å². The van der Waals surface area contributed by atoms with Gasteiger partial charge < -0.3 is 24.8 Å². The molecule has 5 rings (SSSR count). The number of hydrogen-bond donors (Lipinski definition) is 1. The molecule has 51 heavy (non-hydrogen) atoms. The highest BCUT2D eigenvalue weighted by Crippen LogP contribution is 2.37. The standard InChI is InChI=1S/C26H27ClFN5O2.C6H15N.C4H10.C2H3N.C2H6/c1-16(28)23(34)26(2)15-33(13-11-29-26)24-18-10-12-32(14-20(18)30-25(31-24)35-3)21-9-5-7-17-6-4-8-19(27)22(17)21;1-4-6-7(3)5-2;1-4(2)3;1-2-3;1-2/h4-9,29H,1,10-15H2,2-3H3;4-6H2,1-3H3;4H,1-3H3;1H3;1-2H3. The van der Waals surface area contributed by atoms with Gasteiger partial charge in [-0.05, 0) is 63.3 Å². The number of ketones is 1. The molecule has 0 aliphatic carbocycles. The summed E-state index contributed by atoms with van der Waals surface area (Å²) in [4.78, 5) is 28.4. The van der Waals surface area contributed by atoms with Crippen LogP contribution in [0.1, 0.15) is 80.0 Å². The van der Waals surface area contributed by atoms with Gasteiger partial charge in [0.2, 0.25) is 5.78 Å². The summed E-state index contributed by atoms with van der Waals surface area (Å²) in [5.41, 5.74) is 1.85. The molecule has 1 atom stereocenters. The second-order valence-electron chi connectivity index (χ2n) is 13.0. The lowest BCUT2D eigenvalue weighted by Crippen LogP contribution is -2.63. The molecule has 282 valence electrons. The van der Waals surface area contributed by atoms with E-state index in [2.05, 4.69) is 91.5 Å². The first-order valence-corrected chi connectivity index (χ1v) is 18.4. The smallest absolute Gasteiger partial charge is 0.318 e. The molecule has 11 heteroatoms. The van der Waals surface area contributed by atoms with Crippen LogP contribution < -0.4 is 19.9 Å². The molecule has 0 radical (unpaired) electrons. The summed E-state index contributed by atoms with van der Waals surface area (Å²) in [5.74, 6) is -0.0305. The molecule has 0 amide bonds. The van der Waals surface area contributed by atoms with Crippen LogP contribution in [0.15, 0.2) is 48.8 Å². The summed E-state index contributed by atoms with van der Waals surface area (Å²) in [6.07, 6.45) is 1.98. The highest BCUT2D eigenvalue weighted by atomic mass is 35.5. The normalized spacial score (nSPS) is 16.1. The van der Waals surface area contributed by atoms with Gasteiger partial charge in [0, 0.05) is 49.7 Å². The summed E-state index contributed by atoms with van der Waals surface area (Å²) in [5, 5.41) is 13.3. The van der Waals surface area contributed by atoms with E-state index in [1.54, 1.807) is 13.0 Å². The van der Waals surface area contributed by atoms with E-state index < -0.39 is 17.1 Å². The quantitative estimate of drug-likeness (QED) is 0.229. The van der Waals surface area contributed by atoms with Gasteiger partial charge in [0.1, 0.15) is 5.82 Å². The maximum atomic E-state index is 13.7. The Morgan fingerprint density at radius 1 is 1.16 bits per heavy atom. The number of nitriles is 1. The zero-order chi connectivity index (χ0) is 38.7. The van der Waals surface area contributed by atoms with Gasteiger partial charge in [0.15, 0.2) is 5.83 Å². The van der Waals surface area contributed by atoms with Crippen LogP contribution in [0.5, 0.6) is 6.01 Å². The third-order valence-electron chi connectivity index (χ3n) is 7.97. The molecule has 3 heterocycles. The summed E-state index contributed by atoms with van der Waals surface area (Å²) >= 11 is 6.59. The molecule has 2 aromatic carbocycles. The Morgan fingerprint density at radius 3 is 2.29 bits per heavy atom. The molecule has 3 aromatic rings. The number of nitrogens with zero attached hydrogens (tertiary/aromatic N) is 6. The van der Waals surface area contributed by atoms with E-state index in [-0.39, 0.29) is 12.6 Å². The van der Waals surface area contributed by atoms with E-state index in [0.29, 0.717) is 31.1 Å². The third kappa shape index (κ3) is 13.4. The fourth-order valence-corrected chi connectivity index (χ4v) is 5.92. The van der Waals surface area contributed by atoms with Crippen LogP contribution in [0.3, 0.4) is 0 Å². The molecule has 1 aromatic heterocycles. The van der Waals surface area contributed by atoms with Crippen molar-refractivity contribution >= 4 is 39.7 Å². The van der Waals surface area contributed by atoms with Gasteiger partial charge in [-0.1, -0.05) is 90.9 Å². The Labute approximate surface area is 311 Å². The van der Waals surface area contributed by atoms with Crippen molar-refractivity contribution in [3.05, 3.63) is 65.1 Å². The fourth-order valence-electron chi connectivity index (χ4n) is 5.64. The Hall–Kier alpha value is -3.78. The van der Waals surface area contributed by atoms with Crippen molar-refractivity contribution in [2.45, 2.75) is 87.2 Å². The van der Waals surface area contributed by atoms with Crippen LogP contribution in [0.4, 0.5) is 15.9 Å². The van der Waals surface area contributed by atoms with Crippen molar-refractivity contribution in [3.63, 3.8) is 0 Å². The lowest BCUT2D eigenvalue weighted by atomic mass is 9.92. The van der Waals surface area contributed by atoms with Gasteiger partial charge in [-0.15, -0.1) is 0 Å². The van der Waals surface area contributed by atoms with Crippen LogP contribution in [0.2, 0.25) is 5.02 Å². The molecule has 9 nitrogen and oxygen atoms in total. The Morgan fingerprint density at radius 2 is 1.76 bits per heavy atom. The minimum Gasteiger partial charge on any atom is -0.467 e. The third-order valence-corrected chi connectivity index (χ3v) is 8.29. The van der Waals surface area contributed by atoms with E-state index in [1.807, 2.05) is 36.9 Å². The van der Waals surface area contributed by atoms with Crippen LogP contribution in [-0.2, 0) is 17.8 Å². The number of benzene rings is 2. The van der Waals surface area contributed by atoms with Crippen molar-refractivity contribution < 1.29 is 13.9 Å². The van der Waals surface area contributed by atoms with Crippen molar-refractivity contribution in [1.82, 2.24) is 20.2 Å². The molecule has 0 spiro atoms. The van der Waals surface area contributed by atoms with Crippen molar-refractivity contribution in [3.8, 4) is 12.1 Å². The second kappa shape index (κ2) is 22.9. The van der Waals surface area contributed by atoms with Gasteiger partial charge in [-0.25, -0.2) is 4.39 Å². The van der Waals surface area contributed by atoms with E-state index in [1.165, 1.54) is 33.5 Å². The van der Waals surface area contributed by atoms with Crippen molar-refractivity contribution in [2.24, 2.45) is 5.92 Å². The average molecular weight is 726 g/mol. The lowest BCUT2D eigenvalue weighted by Gasteiger charge is -2.42. The Kier molecular flexibility index (Phi) is 20.3. The number of Topliss-reactive ketones (excluding diaryl/α,β-unsaturated/α-hetero) is 1. The maximum Gasteiger partial charge on any atom is 0.318 e. The van der Waals surface area contributed by atoms with Crippen molar-refractivity contribution in [1.29, 1.82) is 5.26 Å². The van der Waals surface area contributed by atoms with E-state index >= 15 is 0 Å². The minimum atomic E-state index is -1.09. The number of halogens is 2. The van der Waals surface area contributed by atoms with E-state index in [4.69, 9.17) is 21.6 Å². The molecular formula is C40H61ClFN7O2. The number of aromatic nitrogens is 2. The van der Waals surface area contributed by atoms with Gasteiger partial charge in [0.25, 0.3) is 0 Å². The van der Waals surface area contributed by atoms with Crippen LogP contribution in [-0.4, -0.2) is 79.6 Å². The maximum absolute atomic E-state index is 13.7.